The van der Waals surface area contributed by atoms with Gasteiger partial charge in [-0.1, -0.05) is 24.6 Å². The molecule has 0 atom stereocenters. The van der Waals surface area contributed by atoms with Gasteiger partial charge in [-0.25, -0.2) is 0 Å². The molecule has 0 N–H and O–H groups in total. The third-order valence-electron chi connectivity index (χ3n) is 3.75. The summed E-state index contributed by atoms with van der Waals surface area (Å²) in [4.78, 5) is 14.1. The first-order chi connectivity index (χ1) is 10.1. The Labute approximate surface area is 127 Å². The first-order valence-corrected chi connectivity index (χ1v) is 7.40. The Morgan fingerprint density at radius 1 is 1.33 bits per heavy atom. The van der Waals surface area contributed by atoms with Gasteiger partial charge in [0.25, 0.3) is 0 Å². The largest absolute Gasteiger partial charge is 0.412 e. The van der Waals surface area contributed by atoms with Crippen molar-refractivity contribution in [2.24, 2.45) is 5.92 Å². The molecule has 0 saturated carbocycles. The molecular weight excluding hydrogens is 290 g/mol. The van der Waals surface area contributed by atoms with Gasteiger partial charge in [-0.05, 0) is 37.0 Å². The standard InChI is InChI=1S/C15H16ClN3O2/c1-10-5-7-19(8-6-10)15(20)14-18-17-13(21-14)11-3-2-4-12(16)9-11/h2-4,9-10H,5-8H2,1H3. The molecule has 5 nitrogen and oxygen atoms in total. The van der Waals surface area contributed by atoms with Gasteiger partial charge in [-0.3, -0.25) is 4.79 Å². The summed E-state index contributed by atoms with van der Waals surface area (Å²) in [5.74, 6) is 0.826. The van der Waals surface area contributed by atoms with Crippen LogP contribution in [0.3, 0.4) is 0 Å². The fourth-order valence-corrected chi connectivity index (χ4v) is 2.59. The number of hydrogen-bond donors (Lipinski definition) is 0. The average molecular weight is 306 g/mol. The summed E-state index contributed by atoms with van der Waals surface area (Å²) >= 11 is 5.93. The van der Waals surface area contributed by atoms with Crippen LogP contribution in [-0.2, 0) is 0 Å². The zero-order valence-electron chi connectivity index (χ0n) is 11.8. The maximum atomic E-state index is 12.3. The highest BCUT2D eigenvalue weighted by Crippen LogP contribution is 2.23. The molecule has 21 heavy (non-hydrogen) atoms. The van der Waals surface area contributed by atoms with Crippen LogP contribution in [0.1, 0.15) is 30.5 Å². The SMILES string of the molecule is CC1CCN(C(=O)c2nnc(-c3cccc(Cl)c3)o2)CC1. The van der Waals surface area contributed by atoms with Crippen LogP contribution >= 0.6 is 11.6 Å². The zero-order chi connectivity index (χ0) is 14.8. The molecular formula is C15H16ClN3O2. The minimum atomic E-state index is -0.192. The van der Waals surface area contributed by atoms with Crippen LogP contribution in [0.5, 0.6) is 0 Å². The van der Waals surface area contributed by atoms with E-state index in [9.17, 15) is 4.79 Å². The van der Waals surface area contributed by atoms with Crippen LogP contribution in [0.25, 0.3) is 11.5 Å². The average Bonchev–Trinajstić information content (AvgIpc) is 2.97. The number of aromatic nitrogens is 2. The third kappa shape index (κ3) is 3.08. The number of piperidine rings is 1. The molecule has 0 unspecified atom stereocenters. The van der Waals surface area contributed by atoms with Crippen molar-refractivity contribution in [1.29, 1.82) is 0 Å². The fraction of sp³-hybridized carbons (Fsp3) is 0.400. The maximum absolute atomic E-state index is 12.3. The molecule has 110 valence electrons. The van der Waals surface area contributed by atoms with Crippen molar-refractivity contribution >= 4 is 17.5 Å². The molecule has 1 fully saturated rings. The summed E-state index contributed by atoms with van der Waals surface area (Å²) in [5.41, 5.74) is 0.710. The number of benzene rings is 1. The molecule has 0 spiro atoms. The van der Waals surface area contributed by atoms with Crippen molar-refractivity contribution in [3.63, 3.8) is 0 Å². The van der Waals surface area contributed by atoms with Gasteiger partial charge in [0.2, 0.25) is 5.89 Å². The van der Waals surface area contributed by atoms with Gasteiger partial charge in [0, 0.05) is 23.7 Å². The van der Waals surface area contributed by atoms with Gasteiger partial charge < -0.3 is 9.32 Å². The Bertz CT molecular complexity index is 648. The molecule has 1 aliphatic rings. The van der Waals surface area contributed by atoms with Gasteiger partial charge in [0.15, 0.2) is 0 Å². The van der Waals surface area contributed by atoms with E-state index in [2.05, 4.69) is 17.1 Å². The van der Waals surface area contributed by atoms with E-state index >= 15 is 0 Å². The van der Waals surface area contributed by atoms with E-state index in [0.29, 0.717) is 22.4 Å². The van der Waals surface area contributed by atoms with Crippen LogP contribution in [-0.4, -0.2) is 34.1 Å². The fourth-order valence-electron chi connectivity index (χ4n) is 2.39. The van der Waals surface area contributed by atoms with Crippen molar-refractivity contribution in [2.45, 2.75) is 19.8 Å². The molecule has 1 amide bonds. The number of hydrogen-bond acceptors (Lipinski definition) is 4. The Morgan fingerprint density at radius 3 is 2.81 bits per heavy atom. The first kappa shape index (κ1) is 14.1. The summed E-state index contributed by atoms with van der Waals surface area (Å²) in [5, 5.41) is 8.39. The zero-order valence-corrected chi connectivity index (χ0v) is 12.5. The maximum Gasteiger partial charge on any atom is 0.311 e. The summed E-state index contributed by atoms with van der Waals surface area (Å²) < 4.78 is 5.49. The second-order valence-electron chi connectivity index (χ2n) is 5.40. The number of nitrogens with zero attached hydrogens (tertiary/aromatic N) is 3. The molecule has 1 saturated heterocycles. The van der Waals surface area contributed by atoms with E-state index in [1.807, 2.05) is 6.07 Å². The van der Waals surface area contributed by atoms with Gasteiger partial charge in [0.05, 0.1) is 0 Å². The van der Waals surface area contributed by atoms with Crippen LogP contribution in [0.2, 0.25) is 5.02 Å². The Kier molecular flexibility index (Phi) is 3.92. The number of halogens is 1. The van der Waals surface area contributed by atoms with E-state index in [1.54, 1.807) is 23.1 Å². The molecule has 1 aliphatic heterocycles. The monoisotopic (exact) mass is 305 g/mol. The smallest absolute Gasteiger partial charge is 0.311 e. The van der Waals surface area contributed by atoms with Gasteiger partial charge in [0.1, 0.15) is 0 Å². The summed E-state index contributed by atoms with van der Waals surface area (Å²) in [7, 11) is 0. The Morgan fingerprint density at radius 2 is 2.10 bits per heavy atom. The van der Waals surface area contributed by atoms with E-state index in [1.165, 1.54) is 0 Å². The topological polar surface area (TPSA) is 59.2 Å². The van der Waals surface area contributed by atoms with Crippen LogP contribution in [0.4, 0.5) is 0 Å². The number of likely N-dealkylation sites (tertiary alicyclic amines) is 1. The predicted molar refractivity (Wildman–Crippen MR) is 79.0 cm³/mol. The molecule has 1 aromatic carbocycles. The van der Waals surface area contributed by atoms with E-state index in [4.69, 9.17) is 16.0 Å². The Balaban J connectivity index is 1.77. The number of amides is 1. The molecule has 6 heteroatoms. The summed E-state index contributed by atoms with van der Waals surface area (Å²) in [6.45, 7) is 3.69. The third-order valence-corrected chi connectivity index (χ3v) is 3.99. The van der Waals surface area contributed by atoms with Crippen molar-refractivity contribution in [3.05, 3.63) is 35.2 Å². The molecule has 0 bridgehead atoms. The highest BCUT2D eigenvalue weighted by atomic mass is 35.5. The minimum Gasteiger partial charge on any atom is -0.412 e. The van der Waals surface area contributed by atoms with Crippen molar-refractivity contribution in [1.82, 2.24) is 15.1 Å². The van der Waals surface area contributed by atoms with E-state index in [0.717, 1.165) is 25.9 Å². The lowest BCUT2D eigenvalue weighted by Gasteiger charge is -2.29. The van der Waals surface area contributed by atoms with Crippen LogP contribution in [0, 0.1) is 5.92 Å². The van der Waals surface area contributed by atoms with Crippen molar-refractivity contribution < 1.29 is 9.21 Å². The van der Waals surface area contributed by atoms with E-state index in [-0.39, 0.29) is 11.8 Å². The van der Waals surface area contributed by atoms with Gasteiger partial charge >= 0.3 is 11.8 Å². The second kappa shape index (κ2) is 5.85. The molecule has 2 heterocycles. The van der Waals surface area contributed by atoms with Crippen LogP contribution in [0.15, 0.2) is 28.7 Å². The molecule has 1 aromatic heterocycles. The molecule has 0 aliphatic carbocycles. The molecule has 2 aromatic rings. The normalized spacial score (nSPS) is 16.2. The summed E-state index contributed by atoms with van der Waals surface area (Å²) in [6, 6.07) is 7.11. The lowest BCUT2D eigenvalue weighted by molar-refractivity contribution is 0.0657. The number of rotatable bonds is 2. The highest BCUT2D eigenvalue weighted by Gasteiger charge is 2.25. The first-order valence-electron chi connectivity index (χ1n) is 7.02. The van der Waals surface area contributed by atoms with Crippen molar-refractivity contribution in [2.75, 3.05) is 13.1 Å². The minimum absolute atomic E-state index is 0.0412. The lowest BCUT2D eigenvalue weighted by Crippen LogP contribution is -2.38. The Hall–Kier alpha value is -1.88. The predicted octanol–water partition coefficient (Wildman–Crippen LogP) is 3.26. The summed E-state index contributed by atoms with van der Waals surface area (Å²) in [6.07, 6.45) is 2.03. The van der Waals surface area contributed by atoms with Crippen molar-refractivity contribution in [3.8, 4) is 11.5 Å². The number of carbonyl (C=O) groups is 1. The second-order valence-corrected chi connectivity index (χ2v) is 5.83. The van der Waals surface area contributed by atoms with E-state index < -0.39 is 0 Å². The highest BCUT2D eigenvalue weighted by molar-refractivity contribution is 6.30. The molecule has 3 rings (SSSR count). The molecule has 0 radical (unpaired) electrons. The van der Waals surface area contributed by atoms with Gasteiger partial charge in [-0.15, -0.1) is 10.2 Å². The van der Waals surface area contributed by atoms with Gasteiger partial charge in [-0.2, -0.15) is 0 Å². The van der Waals surface area contributed by atoms with Crippen LogP contribution < -0.4 is 0 Å². The quantitative estimate of drug-likeness (QED) is 0.854. The lowest BCUT2D eigenvalue weighted by atomic mass is 9.99. The number of carbonyl (C=O) groups excluding carboxylic acids is 1.